The molecule has 0 unspecified atom stereocenters. The average molecular weight is 307 g/mol. The number of nitrogens with one attached hydrogen (secondary N) is 1. The fourth-order valence-electron chi connectivity index (χ4n) is 2.43. The number of pyridine rings is 2. The number of amides is 1. The van der Waals surface area contributed by atoms with Gasteiger partial charge in [0, 0.05) is 16.6 Å². The standard InChI is InChI=1S/C18H17N3O2/c1-11-10-12(2)19-17-15(11)8-9-16(20-17)21-18(22)13-4-6-14(23-3)7-5-13/h4-10H,1-3H3,(H,19,20,21,22). The summed E-state index contributed by atoms with van der Waals surface area (Å²) in [6.45, 7) is 3.95. The highest BCUT2D eigenvalue weighted by Gasteiger charge is 2.09. The zero-order valence-corrected chi connectivity index (χ0v) is 13.3. The Morgan fingerprint density at radius 1 is 1.04 bits per heavy atom. The van der Waals surface area contributed by atoms with E-state index in [1.165, 1.54) is 0 Å². The first-order valence-electron chi connectivity index (χ1n) is 7.27. The molecule has 0 atom stereocenters. The van der Waals surface area contributed by atoms with Crippen LogP contribution in [0, 0.1) is 13.8 Å². The lowest BCUT2D eigenvalue weighted by Gasteiger charge is -2.08. The van der Waals surface area contributed by atoms with Gasteiger partial charge in [0.2, 0.25) is 0 Å². The Bertz CT molecular complexity index is 873. The minimum absolute atomic E-state index is 0.219. The van der Waals surface area contributed by atoms with Crippen molar-refractivity contribution in [1.29, 1.82) is 0 Å². The molecule has 1 aromatic carbocycles. The minimum Gasteiger partial charge on any atom is -0.497 e. The molecule has 5 heteroatoms. The van der Waals surface area contributed by atoms with E-state index in [9.17, 15) is 4.79 Å². The fourth-order valence-corrected chi connectivity index (χ4v) is 2.43. The summed E-state index contributed by atoms with van der Waals surface area (Å²) in [6.07, 6.45) is 0. The molecule has 5 nitrogen and oxygen atoms in total. The van der Waals surface area contributed by atoms with E-state index >= 15 is 0 Å². The number of fused-ring (bicyclic) bond motifs is 1. The zero-order chi connectivity index (χ0) is 16.4. The molecule has 0 aliphatic rings. The zero-order valence-electron chi connectivity index (χ0n) is 13.3. The maximum Gasteiger partial charge on any atom is 0.256 e. The molecule has 23 heavy (non-hydrogen) atoms. The highest BCUT2D eigenvalue weighted by Crippen LogP contribution is 2.19. The number of nitrogens with zero attached hydrogens (tertiary/aromatic N) is 2. The van der Waals surface area contributed by atoms with Crippen molar-refractivity contribution >= 4 is 22.8 Å². The molecule has 3 rings (SSSR count). The Hall–Kier alpha value is -2.95. The summed E-state index contributed by atoms with van der Waals surface area (Å²) in [7, 11) is 1.59. The number of rotatable bonds is 3. The van der Waals surface area contributed by atoms with Crippen LogP contribution in [-0.4, -0.2) is 23.0 Å². The van der Waals surface area contributed by atoms with Gasteiger partial charge in [-0.25, -0.2) is 9.97 Å². The van der Waals surface area contributed by atoms with Crippen LogP contribution in [0.1, 0.15) is 21.6 Å². The van der Waals surface area contributed by atoms with Crippen molar-refractivity contribution in [2.45, 2.75) is 13.8 Å². The lowest BCUT2D eigenvalue weighted by Crippen LogP contribution is -2.13. The average Bonchev–Trinajstić information content (AvgIpc) is 2.54. The third-order valence-electron chi connectivity index (χ3n) is 3.60. The number of carbonyl (C=O) groups excluding carboxylic acids is 1. The second-order valence-corrected chi connectivity index (χ2v) is 5.33. The number of ether oxygens (including phenoxy) is 1. The van der Waals surface area contributed by atoms with E-state index < -0.39 is 0 Å². The van der Waals surface area contributed by atoms with Crippen LogP contribution in [0.4, 0.5) is 5.82 Å². The Kier molecular flexibility index (Phi) is 3.93. The number of hydrogen-bond donors (Lipinski definition) is 1. The first-order chi connectivity index (χ1) is 11.1. The van der Waals surface area contributed by atoms with Gasteiger partial charge in [0.25, 0.3) is 5.91 Å². The maximum absolute atomic E-state index is 12.3. The molecule has 2 aromatic heterocycles. The molecule has 0 saturated carbocycles. The van der Waals surface area contributed by atoms with Crippen molar-refractivity contribution in [3.05, 3.63) is 59.3 Å². The summed E-state index contributed by atoms with van der Waals surface area (Å²) in [5.74, 6) is 0.972. The predicted molar refractivity (Wildman–Crippen MR) is 90.0 cm³/mol. The van der Waals surface area contributed by atoms with Gasteiger partial charge in [0.05, 0.1) is 7.11 Å². The van der Waals surface area contributed by atoms with Crippen molar-refractivity contribution in [2.24, 2.45) is 0 Å². The van der Waals surface area contributed by atoms with Crippen LogP contribution in [-0.2, 0) is 0 Å². The van der Waals surface area contributed by atoms with Crippen LogP contribution < -0.4 is 10.1 Å². The Morgan fingerprint density at radius 3 is 2.48 bits per heavy atom. The number of hydrogen-bond acceptors (Lipinski definition) is 4. The van der Waals surface area contributed by atoms with Gasteiger partial charge in [-0.2, -0.15) is 0 Å². The number of aromatic nitrogens is 2. The molecule has 0 spiro atoms. The molecular weight excluding hydrogens is 290 g/mol. The molecule has 1 N–H and O–H groups in total. The lowest BCUT2D eigenvalue weighted by atomic mass is 10.1. The summed E-state index contributed by atoms with van der Waals surface area (Å²) in [5.41, 5.74) is 3.20. The second-order valence-electron chi connectivity index (χ2n) is 5.33. The topological polar surface area (TPSA) is 64.1 Å². The van der Waals surface area contributed by atoms with Crippen LogP contribution in [0.3, 0.4) is 0 Å². The van der Waals surface area contributed by atoms with Crippen molar-refractivity contribution in [3.63, 3.8) is 0 Å². The molecule has 116 valence electrons. The monoisotopic (exact) mass is 307 g/mol. The Labute approximate surface area is 134 Å². The van der Waals surface area contributed by atoms with E-state index in [1.54, 1.807) is 37.4 Å². The van der Waals surface area contributed by atoms with Crippen LogP contribution >= 0.6 is 0 Å². The first kappa shape index (κ1) is 15.0. The summed E-state index contributed by atoms with van der Waals surface area (Å²) in [5, 5.41) is 3.78. The molecule has 2 heterocycles. The molecule has 1 amide bonds. The molecule has 0 radical (unpaired) electrons. The quantitative estimate of drug-likeness (QED) is 0.804. The molecule has 3 aromatic rings. The number of anilines is 1. The third kappa shape index (κ3) is 3.13. The molecule has 0 aliphatic heterocycles. The Morgan fingerprint density at radius 2 is 1.78 bits per heavy atom. The van der Waals surface area contributed by atoms with E-state index in [0.717, 1.165) is 16.6 Å². The van der Waals surface area contributed by atoms with Crippen LogP contribution in [0.15, 0.2) is 42.5 Å². The van der Waals surface area contributed by atoms with Crippen molar-refractivity contribution in [3.8, 4) is 5.75 Å². The normalized spacial score (nSPS) is 10.6. The van der Waals surface area contributed by atoms with Gasteiger partial charge in [-0.1, -0.05) is 0 Å². The predicted octanol–water partition coefficient (Wildman–Crippen LogP) is 3.51. The first-order valence-corrected chi connectivity index (χ1v) is 7.27. The van der Waals surface area contributed by atoms with E-state index in [-0.39, 0.29) is 5.91 Å². The van der Waals surface area contributed by atoms with E-state index in [1.807, 2.05) is 26.0 Å². The molecule has 0 bridgehead atoms. The maximum atomic E-state index is 12.3. The number of methoxy groups -OCH3 is 1. The largest absolute Gasteiger partial charge is 0.497 e. The van der Waals surface area contributed by atoms with E-state index in [2.05, 4.69) is 15.3 Å². The highest BCUT2D eigenvalue weighted by molar-refractivity contribution is 6.04. The van der Waals surface area contributed by atoms with E-state index in [4.69, 9.17) is 4.74 Å². The second kappa shape index (κ2) is 6.04. The molecular formula is C18H17N3O2. The van der Waals surface area contributed by atoms with Crippen LogP contribution in [0.25, 0.3) is 11.0 Å². The number of benzene rings is 1. The van der Waals surface area contributed by atoms with E-state index in [0.29, 0.717) is 22.8 Å². The number of aryl methyl sites for hydroxylation is 2. The summed E-state index contributed by atoms with van der Waals surface area (Å²) < 4.78 is 5.09. The third-order valence-corrected chi connectivity index (χ3v) is 3.60. The van der Waals surface area contributed by atoms with Crippen molar-refractivity contribution < 1.29 is 9.53 Å². The van der Waals surface area contributed by atoms with Gasteiger partial charge < -0.3 is 10.1 Å². The van der Waals surface area contributed by atoms with Crippen LogP contribution in [0.5, 0.6) is 5.75 Å². The number of carbonyl (C=O) groups is 1. The van der Waals surface area contributed by atoms with Crippen LogP contribution in [0.2, 0.25) is 0 Å². The van der Waals surface area contributed by atoms with Gasteiger partial charge in [-0.05, 0) is 61.9 Å². The van der Waals surface area contributed by atoms with Crippen molar-refractivity contribution in [2.75, 3.05) is 12.4 Å². The molecule has 0 saturated heterocycles. The van der Waals surface area contributed by atoms with Gasteiger partial charge in [-0.3, -0.25) is 4.79 Å². The van der Waals surface area contributed by atoms with Gasteiger partial charge >= 0.3 is 0 Å². The van der Waals surface area contributed by atoms with Gasteiger partial charge in [0.15, 0.2) is 5.65 Å². The molecule has 0 fully saturated rings. The smallest absolute Gasteiger partial charge is 0.256 e. The summed E-state index contributed by atoms with van der Waals surface area (Å²) >= 11 is 0. The summed E-state index contributed by atoms with van der Waals surface area (Å²) in [6, 6.07) is 12.6. The Balaban J connectivity index is 1.86. The minimum atomic E-state index is -0.219. The van der Waals surface area contributed by atoms with Gasteiger partial charge in [-0.15, -0.1) is 0 Å². The highest BCUT2D eigenvalue weighted by atomic mass is 16.5. The summed E-state index contributed by atoms with van der Waals surface area (Å²) in [4.78, 5) is 21.1. The van der Waals surface area contributed by atoms with Gasteiger partial charge in [0.1, 0.15) is 11.6 Å². The lowest BCUT2D eigenvalue weighted by molar-refractivity contribution is 0.102. The molecule has 0 aliphatic carbocycles. The SMILES string of the molecule is COc1ccc(C(=O)Nc2ccc3c(C)cc(C)nc3n2)cc1. The van der Waals surface area contributed by atoms with Crippen molar-refractivity contribution in [1.82, 2.24) is 9.97 Å². The fraction of sp³-hybridized carbons (Fsp3) is 0.167.